The summed E-state index contributed by atoms with van der Waals surface area (Å²) in [6, 6.07) is 0. The molecule has 0 saturated carbocycles. The van der Waals surface area contributed by atoms with Crippen molar-refractivity contribution < 1.29 is 0 Å². The molecule has 0 aromatic carbocycles. The maximum absolute atomic E-state index is 4.20. The van der Waals surface area contributed by atoms with Crippen molar-refractivity contribution in [1.29, 1.82) is 0 Å². The number of hydrogen-bond acceptors (Lipinski definition) is 0. The van der Waals surface area contributed by atoms with Crippen molar-refractivity contribution in [2.75, 3.05) is 0 Å². The molecule has 0 aliphatic carbocycles. The lowest BCUT2D eigenvalue weighted by Crippen LogP contribution is -2.15. The van der Waals surface area contributed by atoms with Gasteiger partial charge in [-0.2, -0.15) is 0 Å². The quantitative estimate of drug-likeness (QED) is 0.310. The van der Waals surface area contributed by atoms with E-state index in [9.17, 15) is 0 Å². The Hall–Kier alpha value is -0.260. The second-order valence-electron chi connectivity index (χ2n) is 8.29. The molecule has 0 aromatic heterocycles. The maximum atomic E-state index is 4.20. The summed E-state index contributed by atoms with van der Waals surface area (Å²) >= 11 is 0. The van der Waals surface area contributed by atoms with Crippen LogP contribution in [0.3, 0.4) is 0 Å². The van der Waals surface area contributed by atoms with Crippen LogP contribution >= 0.6 is 0 Å². The first-order chi connectivity index (χ1) is 11.2. The average molecular weight is 341 g/mol. The van der Waals surface area contributed by atoms with Gasteiger partial charge in [-0.1, -0.05) is 107 Å². The first kappa shape index (κ1) is 28.5. The lowest BCUT2D eigenvalue weighted by Gasteiger charge is -2.29. The van der Waals surface area contributed by atoms with Crippen LogP contribution in [0.25, 0.3) is 0 Å². The minimum atomic E-state index is 0.484. The van der Waals surface area contributed by atoms with E-state index in [1.165, 1.54) is 69.8 Å². The third-order valence-corrected chi connectivity index (χ3v) is 4.67. The second-order valence-corrected chi connectivity index (χ2v) is 8.29. The summed E-state index contributed by atoms with van der Waals surface area (Å²) in [6.45, 7) is 26.5. The Morgan fingerprint density at radius 2 is 1.04 bits per heavy atom. The average Bonchev–Trinajstić information content (AvgIpc) is 2.55. The van der Waals surface area contributed by atoms with Gasteiger partial charge in [0.2, 0.25) is 0 Å². The smallest absolute Gasteiger partial charge is 0.0318 e. The van der Waals surface area contributed by atoms with E-state index in [0.717, 1.165) is 0 Å². The highest BCUT2D eigenvalue weighted by Crippen LogP contribution is 2.35. The molecular weight excluding hydrogens is 288 g/mol. The summed E-state index contributed by atoms with van der Waals surface area (Å²) in [7, 11) is 0. The van der Waals surface area contributed by atoms with Crippen molar-refractivity contribution in [3.8, 4) is 0 Å². The SMILES string of the molecule is C=C(CCC)CCC(C)(C)CCCC(C)(C)CCCC.CC.CC. The van der Waals surface area contributed by atoms with Crippen LogP contribution in [0.2, 0.25) is 0 Å². The van der Waals surface area contributed by atoms with Crippen molar-refractivity contribution in [2.45, 2.75) is 133 Å². The molecule has 0 bridgehead atoms. The summed E-state index contributed by atoms with van der Waals surface area (Å²) in [5.74, 6) is 0. The van der Waals surface area contributed by atoms with E-state index in [0.29, 0.717) is 10.8 Å². The Morgan fingerprint density at radius 1 is 0.625 bits per heavy atom. The third-order valence-electron chi connectivity index (χ3n) is 4.67. The van der Waals surface area contributed by atoms with Gasteiger partial charge in [0.05, 0.1) is 0 Å². The zero-order chi connectivity index (χ0) is 19.6. The van der Waals surface area contributed by atoms with Gasteiger partial charge in [0.15, 0.2) is 0 Å². The monoisotopic (exact) mass is 340 g/mol. The predicted molar refractivity (Wildman–Crippen MR) is 117 cm³/mol. The van der Waals surface area contributed by atoms with E-state index in [-0.39, 0.29) is 0 Å². The summed E-state index contributed by atoms with van der Waals surface area (Å²) in [6.07, 6.45) is 13.2. The van der Waals surface area contributed by atoms with E-state index in [2.05, 4.69) is 48.1 Å². The zero-order valence-electron chi connectivity index (χ0n) is 19.3. The van der Waals surface area contributed by atoms with Gasteiger partial charge in [-0.25, -0.2) is 0 Å². The molecule has 0 spiro atoms. The largest absolute Gasteiger partial charge is 0.0999 e. The van der Waals surface area contributed by atoms with Crippen LogP contribution in [0.15, 0.2) is 12.2 Å². The van der Waals surface area contributed by atoms with Gasteiger partial charge in [0.25, 0.3) is 0 Å². The highest BCUT2D eigenvalue weighted by atomic mass is 14.3. The summed E-state index contributed by atoms with van der Waals surface area (Å²) in [4.78, 5) is 0. The highest BCUT2D eigenvalue weighted by Gasteiger charge is 2.21. The number of hydrogen-bond donors (Lipinski definition) is 0. The van der Waals surface area contributed by atoms with Gasteiger partial charge in [0, 0.05) is 0 Å². The second kappa shape index (κ2) is 17.6. The molecule has 0 rings (SSSR count). The van der Waals surface area contributed by atoms with Gasteiger partial charge in [0.1, 0.15) is 0 Å². The standard InChI is InChI=1S/C20H40.2C2H6/c1-8-10-14-19(4,5)15-11-16-20(6,7)17-13-18(3)12-9-2;2*1-2/h3,8-17H2,1-2,4-7H3;2*1-2H3. The molecule has 24 heavy (non-hydrogen) atoms. The van der Waals surface area contributed by atoms with E-state index in [1.54, 1.807) is 0 Å². The molecule has 0 aliphatic rings. The lowest BCUT2D eigenvalue weighted by molar-refractivity contribution is 0.240. The maximum Gasteiger partial charge on any atom is -0.0318 e. The molecule has 0 nitrogen and oxygen atoms in total. The van der Waals surface area contributed by atoms with Crippen molar-refractivity contribution in [2.24, 2.45) is 10.8 Å². The first-order valence-corrected chi connectivity index (χ1v) is 10.9. The number of unbranched alkanes of at least 4 members (excludes halogenated alkanes) is 1. The van der Waals surface area contributed by atoms with Crippen LogP contribution in [-0.4, -0.2) is 0 Å². The number of allylic oxidation sites excluding steroid dienone is 1. The van der Waals surface area contributed by atoms with E-state index < -0.39 is 0 Å². The predicted octanol–water partition coefficient (Wildman–Crippen LogP) is 9.59. The minimum absolute atomic E-state index is 0.484. The molecule has 0 unspecified atom stereocenters. The van der Waals surface area contributed by atoms with Crippen molar-refractivity contribution >= 4 is 0 Å². The van der Waals surface area contributed by atoms with Crippen molar-refractivity contribution in [3.05, 3.63) is 12.2 Å². The Bertz CT molecular complexity index is 257. The van der Waals surface area contributed by atoms with Crippen molar-refractivity contribution in [3.63, 3.8) is 0 Å². The van der Waals surface area contributed by atoms with Crippen LogP contribution in [0.4, 0.5) is 0 Å². The molecular formula is C24H52. The molecule has 148 valence electrons. The molecule has 0 fully saturated rings. The van der Waals surface area contributed by atoms with E-state index >= 15 is 0 Å². The van der Waals surface area contributed by atoms with Crippen LogP contribution in [-0.2, 0) is 0 Å². The fraction of sp³-hybridized carbons (Fsp3) is 0.917. The Labute approximate surface area is 156 Å². The molecule has 0 N–H and O–H groups in total. The minimum Gasteiger partial charge on any atom is -0.0999 e. The Kier molecular flexibility index (Phi) is 20.9. The molecule has 0 aliphatic heterocycles. The molecule has 0 amide bonds. The van der Waals surface area contributed by atoms with Gasteiger partial charge >= 0.3 is 0 Å². The van der Waals surface area contributed by atoms with Gasteiger partial charge in [-0.3, -0.25) is 0 Å². The molecule has 0 aromatic rings. The summed E-state index contributed by atoms with van der Waals surface area (Å²) in [5.41, 5.74) is 2.47. The summed E-state index contributed by atoms with van der Waals surface area (Å²) in [5, 5.41) is 0. The van der Waals surface area contributed by atoms with Crippen LogP contribution < -0.4 is 0 Å². The molecule has 0 atom stereocenters. The third kappa shape index (κ3) is 19.8. The van der Waals surface area contributed by atoms with Crippen molar-refractivity contribution in [1.82, 2.24) is 0 Å². The van der Waals surface area contributed by atoms with Gasteiger partial charge < -0.3 is 0 Å². The molecule has 0 saturated heterocycles. The van der Waals surface area contributed by atoms with Crippen LogP contribution in [0.5, 0.6) is 0 Å². The van der Waals surface area contributed by atoms with Crippen LogP contribution in [0.1, 0.15) is 133 Å². The molecule has 0 heteroatoms. The summed E-state index contributed by atoms with van der Waals surface area (Å²) < 4.78 is 0. The fourth-order valence-electron chi connectivity index (χ4n) is 2.94. The Balaban J connectivity index is -0.00000102. The fourth-order valence-corrected chi connectivity index (χ4v) is 2.94. The van der Waals surface area contributed by atoms with Crippen LogP contribution in [0, 0.1) is 10.8 Å². The zero-order valence-corrected chi connectivity index (χ0v) is 19.3. The molecule has 0 radical (unpaired) electrons. The van der Waals surface area contributed by atoms with E-state index in [1.807, 2.05) is 27.7 Å². The topological polar surface area (TPSA) is 0 Å². The van der Waals surface area contributed by atoms with E-state index in [4.69, 9.17) is 0 Å². The number of rotatable bonds is 12. The molecule has 0 heterocycles. The lowest BCUT2D eigenvalue weighted by atomic mass is 9.77. The Morgan fingerprint density at radius 3 is 1.46 bits per heavy atom. The van der Waals surface area contributed by atoms with Gasteiger partial charge in [-0.15, -0.1) is 0 Å². The highest BCUT2D eigenvalue weighted by molar-refractivity contribution is 4.94. The normalized spacial score (nSPS) is 11.1. The first-order valence-electron chi connectivity index (χ1n) is 10.9. The van der Waals surface area contributed by atoms with Gasteiger partial charge in [-0.05, 0) is 49.4 Å².